The highest BCUT2D eigenvalue weighted by molar-refractivity contribution is 5.94. The molecule has 3 saturated heterocycles. The third-order valence-electron chi connectivity index (χ3n) is 6.51. The number of carbonyl (C=O) groups excluding carboxylic acids is 2. The standard InChI is InChI=1S/C19H23N5O4.CH2O2/c1-10-5-16-21-7-13(18(27)24(16)22-10)17(26)23-8-14-12(6-20-11(2)25)15-3-4-19(14,9-23)28-15;2-1-3/h5,7,12,14-15,22H,3-4,6,8-9H2,1-2H3,(H,20,25);1H,(H,2,3)/t12-,14+,15+,19+;/m0./s1. The van der Waals surface area contributed by atoms with Crippen molar-refractivity contribution in [2.75, 3.05) is 19.6 Å². The highest BCUT2D eigenvalue weighted by Crippen LogP contribution is 2.54. The van der Waals surface area contributed by atoms with Crippen molar-refractivity contribution < 1.29 is 24.2 Å². The van der Waals surface area contributed by atoms with E-state index in [1.807, 2.05) is 6.92 Å². The zero-order valence-corrected chi connectivity index (χ0v) is 17.3. The number of likely N-dealkylation sites (tertiary alicyclic amines) is 1. The fourth-order valence-electron chi connectivity index (χ4n) is 5.28. The van der Waals surface area contributed by atoms with Gasteiger partial charge >= 0.3 is 0 Å². The molecule has 31 heavy (non-hydrogen) atoms. The molecule has 11 heteroatoms. The third kappa shape index (κ3) is 3.48. The molecule has 5 heterocycles. The van der Waals surface area contributed by atoms with E-state index in [1.165, 1.54) is 17.6 Å². The molecular formula is C20H25N5O6. The van der Waals surface area contributed by atoms with Crippen molar-refractivity contribution in [1.29, 1.82) is 0 Å². The number of hydrogen-bond acceptors (Lipinski definition) is 6. The summed E-state index contributed by atoms with van der Waals surface area (Å²) in [6.07, 6.45) is 3.36. The number of nitrogens with zero attached hydrogens (tertiary/aromatic N) is 3. The Labute approximate surface area is 177 Å². The molecule has 0 saturated carbocycles. The molecule has 3 aliphatic heterocycles. The molecule has 166 valence electrons. The van der Waals surface area contributed by atoms with Crippen molar-refractivity contribution in [1.82, 2.24) is 24.8 Å². The van der Waals surface area contributed by atoms with Crippen LogP contribution in [0.1, 0.15) is 35.8 Å². The summed E-state index contributed by atoms with van der Waals surface area (Å²) < 4.78 is 7.60. The summed E-state index contributed by atoms with van der Waals surface area (Å²) in [5.41, 5.74) is 0.616. The first-order valence-electron chi connectivity index (χ1n) is 10.2. The van der Waals surface area contributed by atoms with Gasteiger partial charge in [-0.3, -0.25) is 24.3 Å². The number of amides is 2. The van der Waals surface area contributed by atoms with E-state index in [4.69, 9.17) is 14.6 Å². The maximum absolute atomic E-state index is 13.1. The Morgan fingerprint density at radius 3 is 2.94 bits per heavy atom. The molecule has 2 amide bonds. The molecule has 0 radical (unpaired) electrons. The van der Waals surface area contributed by atoms with Crippen molar-refractivity contribution in [2.24, 2.45) is 11.8 Å². The number of fused-ring (bicyclic) bond motifs is 2. The molecule has 2 aromatic heterocycles. The van der Waals surface area contributed by atoms with Gasteiger partial charge in [-0.1, -0.05) is 0 Å². The topological polar surface area (TPSA) is 146 Å². The number of H-pyrrole nitrogens is 1. The van der Waals surface area contributed by atoms with Crippen LogP contribution in [0.25, 0.3) is 5.65 Å². The normalized spacial score (nSPS) is 28.2. The zero-order chi connectivity index (χ0) is 22.3. The first kappa shape index (κ1) is 21.0. The van der Waals surface area contributed by atoms with Crippen LogP contribution < -0.4 is 10.9 Å². The Hall–Kier alpha value is -3.21. The number of aromatic nitrogens is 3. The average Bonchev–Trinajstić information content (AvgIpc) is 3.45. The van der Waals surface area contributed by atoms with E-state index in [0.717, 1.165) is 18.5 Å². The molecular weight excluding hydrogens is 406 g/mol. The summed E-state index contributed by atoms with van der Waals surface area (Å²) in [6, 6.07) is 1.76. The molecule has 4 atom stereocenters. The lowest BCUT2D eigenvalue weighted by atomic mass is 9.73. The minimum atomic E-state index is -0.391. The highest BCUT2D eigenvalue weighted by atomic mass is 16.5. The van der Waals surface area contributed by atoms with Crippen molar-refractivity contribution >= 4 is 23.9 Å². The van der Waals surface area contributed by atoms with Gasteiger partial charge in [-0.2, -0.15) is 0 Å². The van der Waals surface area contributed by atoms with Gasteiger partial charge in [0.25, 0.3) is 17.9 Å². The second kappa shape index (κ2) is 7.80. The van der Waals surface area contributed by atoms with Crippen LogP contribution in [-0.4, -0.2) is 74.2 Å². The molecule has 0 aromatic carbocycles. The summed E-state index contributed by atoms with van der Waals surface area (Å²) in [6.45, 7) is 4.67. The van der Waals surface area contributed by atoms with Crippen molar-refractivity contribution in [2.45, 2.75) is 38.4 Å². The molecule has 3 N–H and O–H groups in total. The highest BCUT2D eigenvalue weighted by Gasteiger charge is 2.63. The van der Waals surface area contributed by atoms with E-state index in [1.54, 1.807) is 11.0 Å². The summed E-state index contributed by atoms with van der Waals surface area (Å²) in [5.74, 6) is 0.00193. The van der Waals surface area contributed by atoms with Gasteiger partial charge in [0.15, 0.2) is 5.65 Å². The lowest BCUT2D eigenvalue weighted by molar-refractivity contribution is -0.123. The van der Waals surface area contributed by atoms with Crippen molar-refractivity contribution in [3.05, 3.63) is 33.9 Å². The molecule has 2 bridgehead atoms. The van der Waals surface area contributed by atoms with E-state index in [0.29, 0.717) is 25.3 Å². The van der Waals surface area contributed by atoms with Gasteiger partial charge in [0, 0.05) is 49.8 Å². The summed E-state index contributed by atoms with van der Waals surface area (Å²) in [5, 5.41) is 12.7. The number of rotatable bonds is 3. The van der Waals surface area contributed by atoms with Crippen LogP contribution in [-0.2, 0) is 14.3 Å². The largest absolute Gasteiger partial charge is 0.483 e. The lowest BCUT2D eigenvalue weighted by Gasteiger charge is -2.29. The van der Waals surface area contributed by atoms with E-state index in [9.17, 15) is 14.4 Å². The molecule has 2 aromatic rings. The van der Waals surface area contributed by atoms with Crippen LogP contribution in [0.4, 0.5) is 0 Å². The lowest BCUT2D eigenvalue weighted by Crippen LogP contribution is -2.41. The van der Waals surface area contributed by atoms with Crippen molar-refractivity contribution in [3.63, 3.8) is 0 Å². The zero-order valence-electron chi connectivity index (χ0n) is 17.3. The molecule has 0 aliphatic carbocycles. The SMILES string of the molecule is CC(=O)NC[C@H]1[C@H]2CN(C(=O)c3cnc4cc(C)[nH]n4c3=O)C[C@]23CC[C@H]1O3.O=CO. The monoisotopic (exact) mass is 431 g/mol. The van der Waals surface area contributed by atoms with Gasteiger partial charge in [0.2, 0.25) is 5.91 Å². The van der Waals surface area contributed by atoms with E-state index < -0.39 is 5.56 Å². The summed E-state index contributed by atoms with van der Waals surface area (Å²) >= 11 is 0. The maximum Gasteiger partial charge on any atom is 0.290 e. The van der Waals surface area contributed by atoms with Gasteiger partial charge in [0.05, 0.1) is 18.2 Å². The average molecular weight is 431 g/mol. The second-order valence-corrected chi connectivity index (χ2v) is 8.37. The first-order valence-corrected chi connectivity index (χ1v) is 10.2. The third-order valence-corrected chi connectivity index (χ3v) is 6.51. The molecule has 3 aliphatic rings. The minimum Gasteiger partial charge on any atom is -0.483 e. The van der Waals surface area contributed by atoms with Gasteiger partial charge in [-0.05, 0) is 19.8 Å². The fraction of sp³-hybridized carbons (Fsp3) is 0.550. The van der Waals surface area contributed by atoms with Crippen LogP contribution in [0.5, 0.6) is 0 Å². The Balaban J connectivity index is 0.000000730. The second-order valence-electron chi connectivity index (χ2n) is 8.37. The first-order chi connectivity index (χ1) is 14.8. The molecule has 11 nitrogen and oxygen atoms in total. The molecule has 5 rings (SSSR count). The van der Waals surface area contributed by atoms with Gasteiger partial charge in [-0.25, -0.2) is 9.50 Å². The Bertz CT molecular complexity index is 1090. The predicted molar refractivity (Wildman–Crippen MR) is 108 cm³/mol. The van der Waals surface area contributed by atoms with Crippen LogP contribution in [0.3, 0.4) is 0 Å². The quantitative estimate of drug-likeness (QED) is 0.570. The Morgan fingerprint density at radius 1 is 1.48 bits per heavy atom. The number of nitrogens with one attached hydrogen (secondary N) is 2. The van der Waals surface area contributed by atoms with Crippen LogP contribution in [0.15, 0.2) is 17.1 Å². The van der Waals surface area contributed by atoms with Gasteiger partial charge < -0.3 is 20.1 Å². The molecule has 1 spiro atoms. The fourth-order valence-corrected chi connectivity index (χ4v) is 5.28. The number of aromatic amines is 1. The number of carbonyl (C=O) groups is 3. The predicted octanol–water partition coefficient (Wildman–Crippen LogP) is -0.212. The number of ether oxygens (including phenoxy) is 1. The van der Waals surface area contributed by atoms with E-state index in [2.05, 4.69) is 15.4 Å². The number of hydrogen-bond donors (Lipinski definition) is 3. The van der Waals surface area contributed by atoms with Crippen LogP contribution in [0.2, 0.25) is 0 Å². The number of aryl methyl sites for hydroxylation is 1. The van der Waals surface area contributed by atoms with Crippen molar-refractivity contribution in [3.8, 4) is 0 Å². The molecule has 3 fully saturated rings. The van der Waals surface area contributed by atoms with E-state index >= 15 is 0 Å². The molecule has 0 unspecified atom stereocenters. The van der Waals surface area contributed by atoms with Crippen LogP contribution >= 0.6 is 0 Å². The summed E-state index contributed by atoms with van der Waals surface area (Å²) in [4.78, 5) is 51.5. The summed E-state index contributed by atoms with van der Waals surface area (Å²) in [7, 11) is 0. The maximum atomic E-state index is 13.1. The van der Waals surface area contributed by atoms with Crippen LogP contribution in [0, 0.1) is 18.8 Å². The Morgan fingerprint density at radius 2 is 2.23 bits per heavy atom. The van der Waals surface area contributed by atoms with Gasteiger partial charge in [-0.15, -0.1) is 0 Å². The Kier molecular flexibility index (Phi) is 5.29. The minimum absolute atomic E-state index is 0.0589. The van der Waals surface area contributed by atoms with Gasteiger partial charge in [0.1, 0.15) is 5.56 Å². The smallest absolute Gasteiger partial charge is 0.290 e. The number of carboxylic acid groups (broad SMARTS) is 1. The van der Waals surface area contributed by atoms with E-state index in [-0.39, 0.29) is 47.4 Å².